The number of rotatable bonds is 5. The number of aliphatic hydroxyl groups is 1. The summed E-state index contributed by atoms with van der Waals surface area (Å²) in [6.45, 7) is 0.396. The molecule has 2 N–H and O–H groups in total. The predicted octanol–water partition coefficient (Wildman–Crippen LogP) is 3.67. The van der Waals surface area contributed by atoms with Crippen LogP contribution in [-0.4, -0.2) is 49.0 Å². The Kier molecular flexibility index (Phi) is 5.50. The summed E-state index contributed by atoms with van der Waals surface area (Å²) in [7, 11) is 0. The molecule has 0 fully saturated rings. The molecule has 0 unspecified atom stereocenters. The van der Waals surface area contributed by atoms with Crippen molar-refractivity contribution < 1.29 is 28.2 Å². The van der Waals surface area contributed by atoms with Gasteiger partial charge in [0.1, 0.15) is 18.5 Å². The van der Waals surface area contributed by atoms with Crippen molar-refractivity contribution in [3.63, 3.8) is 0 Å². The zero-order chi connectivity index (χ0) is 23.9. The van der Waals surface area contributed by atoms with Gasteiger partial charge in [0.05, 0.1) is 23.3 Å². The highest BCUT2D eigenvalue weighted by molar-refractivity contribution is 6.20. The fraction of sp³-hybridized carbons (Fsp3) is 0.182. The first-order chi connectivity index (χ1) is 16.3. The number of anilines is 1. The lowest BCUT2D eigenvalue weighted by atomic mass is 10.0. The summed E-state index contributed by atoms with van der Waals surface area (Å²) in [5, 5.41) is 20.8. The summed E-state index contributed by atoms with van der Waals surface area (Å²) in [4.78, 5) is 17.5. The molecular weight excluding hydrogens is 472 g/mol. The van der Waals surface area contributed by atoms with Gasteiger partial charge in [-0.3, -0.25) is 9.36 Å². The van der Waals surface area contributed by atoms with E-state index < -0.39 is 17.6 Å². The van der Waals surface area contributed by atoms with Crippen LogP contribution in [0.2, 0.25) is 0 Å². The zero-order valence-electron chi connectivity index (χ0n) is 17.3. The van der Waals surface area contributed by atoms with Crippen LogP contribution in [0.15, 0.2) is 54.7 Å². The molecule has 9 nitrogen and oxygen atoms in total. The average Bonchev–Trinajstić information content (AvgIpc) is 3.17. The number of alkyl halides is 3. The quantitative estimate of drug-likeness (QED) is 0.413. The van der Waals surface area contributed by atoms with E-state index in [-0.39, 0.29) is 24.5 Å². The molecule has 0 bridgehead atoms. The highest BCUT2D eigenvalue weighted by Crippen LogP contribution is 2.34. The number of aromatic nitrogens is 4. The number of fused-ring (bicyclic) bond motifs is 3. The first kappa shape index (κ1) is 22.0. The van der Waals surface area contributed by atoms with Gasteiger partial charge >= 0.3 is 5.57 Å². The Morgan fingerprint density at radius 1 is 1.26 bits per heavy atom. The summed E-state index contributed by atoms with van der Waals surface area (Å²) in [5.74, 6) is -0.620. The Morgan fingerprint density at radius 3 is 2.76 bits per heavy atom. The van der Waals surface area contributed by atoms with Crippen molar-refractivity contribution in [3.05, 3.63) is 60.3 Å². The van der Waals surface area contributed by atoms with Crippen LogP contribution in [0, 0.1) is 0 Å². The lowest BCUT2D eigenvalue weighted by Gasteiger charge is -2.21. The maximum Gasteiger partial charge on any atom is 0.487 e. The van der Waals surface area contributed by atoms with E-state index in [0.29, 0.717) is 34.0 Å². The van der Waals surface area contributed by atoms with Crippen LogP contribution < -0.4 is 14.8 Å². The summed E-state index contributed by atoms with van der Waals surface area (Å²) in [6.07, 6.45) is 0.831. The number of nitrogens with zero attached hydrogens (tertiary/aromatic N) is 4. The molecule has 174 valence electrons. The Hall–Kier alpha value is -3.83. The third-order valence-electron chi connectivity index (χ3n) is 5.06. The van der Waals surface area contributed by atoms with Gasteiger partial charge in [-0.2, -0.15) is 15.2 Å². The fourth-order valence-corrected chi connectivity index (χ4v) is 3.76. The number of hydrogen-bond acceptors (Lipinski definition) is 7. The van der Waals surface area contributed by atoms with Crippen molar-refractivity contribution in [2.75, 3.05) is 11.9 Å². The lowest BCUT2D eigenvalue weighted by molar-refractivity contribution is -0.0964. The number of ether oxygens (including phenoxy) is 2. The molecule has 12 heteroatoms. The van der Waals surface area contributed by atoms with Gasteiger partial charge in [0.25, 0.3) is 11.9 Å². The molecule has 0 radical (unpaired) electrons. The maximum absolute atomic E-state index is 13.0. The molecule has 0 aliphatic carbocycles. The molecule has 2 aromatic carbocycles. The van der Waals surface area contributed by atoms with Crippen molar-refractivity contribution in [2.45, 2.75) is 18.2 Å². The third-order valence-corrected chi connectivity index (χ3v) is 5.14. The number of aliphatic hydroxyl groups excluding tert-OH is 1. The van der Waals surface area contributed by atoms with Gasteiger partial charge in [0.2, 0.25) is 0 Å². The first-order valence-electron chi connectivity index (χ1n) is 10.1. The molecule has 0 saturated heterocycles. The fourth-order valence-electron chi connectivity index (χ4n) is 3.68. The standard InChI is InChI=1S/C22H16ClF2N5O4/c23-22(24,25)34-15-5-3-13(4-6-15)27-20(32)12-8-16(17-2-1-7-26-29-17)19-18(9-12)28-21-30(19)10-14(31)11-33-21/h1-9,14,31H,10-11H2,(H,27,32)/t14-/m1/s1. The van der Waals surface area contributed by atoms with Gasteiger partial charge in [0, 0.05) is 34.6 Å². The van der Waals surface area contributed by atoms with Crippen LogP contribution in [0.4, 0.5) is 14.5 Å². The minimum Gasteiger partial charge on any atom is -0.462 e. The number of amides is 1. The SMILES string of the molecule is O=C(Nc1ccc(OC(F)(F)Cl)cc1)c1cc(-c2cccnn2)c2c(c1)nc1n2C[C@@H](O)CO1. The van der Waals surface area contributed by atoms with Gasteiger partial charge in [0.15, 0.2) is 0 Å². The molecule has 3 heterocycles. The van der Waals surface area contributed by atoms with E-state index in [1.165, 1.54) is 30.5 Å². The summed E-state index contributed by atoms with van der Waals surface area (Å²) < 4.78 is 37.1. The third kappa shape index (κ3) is 4.47. The molecule has 1 amide bonds. The van der Waals surface area contributed by atoms with E-state index in [4.69, 9.17) is 16.3 Å². The van der Waals surface area contributed by atoms with Crippen molar-refractivity contribution in [2.24, 2.45) is 0 Å². The summed E-state index contributed by atoms with van der Waals surface area (Å²) >= 11 is 4.77. The topological polar surface area (TPSA) is 111 Å². The molecule has 1 aliphatic rings. The lowest BCUT2D eigenvalue weighted by Crippen LogP contribution is -2.29. The van der Waals surface area contributed by atoms with Gasteiger partial charge < -0.3 is 19.9 Å². The van der Waals surface area contributed by atoms with E-state index in [9.17, 15) is 18.7 Å². The molecule has 2 aromatic heterocycles. The van der Waals surface area contributed by atoms with Crippen LogP contribution in [0.25, 0.3) is 22.3 Å². The number of carbonyl (C=O) groups excluding carboxylic acids is 1. The van der Waals surface area contributed by atoms with Gasteiger partial charge in [-0.25, -0.2) is 0 Å². The van der Waals surface area contributed by atoms with Crippen molar-refractivity contribution in [1.82, 2.24) is 19.7 Å². The molecule has 5 rings (SSSR count). The van der Waals surface area contributed by atoms with Crippen LogP contribution in [0.1, 0.15) is 10.4 Å². The summed E-state index contributed by atoms with van der Waals surface area (Å²) in [5.41, 5.74) is -0.988. The van der Waals surface area contributed by atoms with Crippen LogP contribution in [0.5, 0.6) is 11.8 Å². The number of nitrogens with one attached hydrogen (secondary N) is 1. The number of benzene rings is 2. The second-order valence-corrected chi connectivity index (χ2v) is 7.94. The number of imidazole rings is 1. The Labute approximate surface area is 195 Å². The van der Waals surface area contributed by atoms with E-state index in [1.54, 1.807) is 28.8 Å². The van der Waals surface area contributed by atoms with Crippen molar-refractivity contribution in [3.8, 4) is 23.0 Å². The van der Waals surface area contributed by atoms with E-state index in [2.05, 4.69) is 25.2 Å². The van der Waals surface area contributed by atoms with E-state index in [0.717, 1.165) is 0 Å². The number of halogens is 3. The van der Waals surface area contributed by atoms with Crippen LogP contribution in [-0.2, 0) is 6.54 Å². The second-order valence-electron chi connectivity index (χ2n) is 7.50. The van der Waals surface area contributed by atoms with Crippen LogP contribution >= 0.6 is 11.6 Å². The zero-order valence-corrected chi connectivity index (χ0v) is 18.0. The highest BCUT2D eigenvalue weighted by Gasteiger charge is 2.28. The molecule has 1 aliphatic heterocycles. The van der Waals surface area contributed by atoms with Crippen molar-refractivity contribution in [1.29, 1.82) is 0 Å². The first-order valence-corrected chi connectivity index (χ1v) is 10.4. The minimum absolute atomic E-state index is 0.118. The van der Waals surface area contributed by atoms with Gasteiger partial charge in [-0.1, -0.05) is 0 Å². The number of carbonyl (C=O) groups is 1. The Balaban J connectivity index is 1.51. The minimum atomic E-state index is -3.83. The maximum atomic E-state index is 13.0. The molecule has 1 atom stereocenters. The molecule has 4 aromatic rings. The second kappa shape index (κ2) is 8.50. The summed E-state index contributed by atoms with van der Waals surface area (Å²) in [6, 6.07) is 12.3. The largest absolute Gasteiger partial charge is 0.487 e. The van der Waals surface area contributed by atoms with E-state index >= 15 is 0 Å². The molecule has 0 spiro atoms. The predicted molar refractivity (Wildman–Crippen MR) is 118 cm³/mol. The molecular formula is C22H16ClF2N5O4. The average molecular weight is 488 g/mol. The van der Waals surface area contributed by atoms with Crippen molar-refractivity contribution >= 4 is 34.2 Å². The molecule has 34 heavy (non-hydrogen) atoms. The smallest absolute Gasteiger partial charge is 0.462 e. The Bertz CT molecular complexity index is 1360. The Morgan fingerprint density at radius 2 is 2.06 bits per heavy atom. The van der Waals surface area contributed by atoms with Gasteiger partial charge in [-0.15, -0.1) is 8.78 Å². The van der Waals surface area contributed by atoms with Gasteiger partial charge in [-0.05, 0) is 48.5 Å². The highest BCUT2D eigenvalue weighted by atomic mass is 35.5. The van der Waals surface area contributed by atoms with E-state index in [1.807, 2.05) is 0 Å². The van der Waals surface area contributed by atoms with Crippen LogP contribution in [0.3, 0.4) is 0 Å². The monoisotopic (exact) mass is 487 g/mol. The normalized spacial score (nSPS) is 15.5. The number of hydrogen-bond donors (Lipinski definition) is 2. The molecule has 0 saturated carbocycles.